The van der Waals surface area contributed by atoms with Gasteiger partial charge in [-0.2, -0.15) is 4.98 Å². The number of hydrogen-bond acceptors (Lipinski definition) is 7. The molecule has 1 aromatic carbocycles. The van der Waals surface area contributed by atoms with Crippen molar-refractivity contribution < 1.29 is 4.79 Å². The molecule has 4 heterocycles. The van der Waals surface area contributed by atoms with Crippen molar-refractivity contribution >= 4 is 51.8 Å². The van der Waals surface area contributed by atoms with Crippen molar-refractivity contribution in [1.29, 1.82) is 0 Å². The normalized spacial score (nSPS) is 17.9. The van der Waals surface area contributed by atoms with Crippen LogP contribution in [0.1, 0.15) is 33.6 Å². The topological polar surface area (TPSA) is 86.6 Å². The molecule has 214 valence electrons. The van der Waals surface area contributed by atoms with Gasteiger partial charge in [0.15, 0.2) is 0 Å². The standard InChI is InChI=1S/C29H37Cl2N7O2/c1-29(2,3)27(40)33-19-15-22(30)24(23(31)16-19)21-14-18-17-32-28(34-25(18)36(5)26(21)39)38-12-10-37(11-13-38)20-6-8-35(4)9-7-20/h14-17,20H,6-13H2,1-5H3,(H,33,40). The van der Waals surface area contributed by atoms with Gasteiger partial charge in [-0.1, -0.05) is 44.0 Å². The van der Waals surface area contributed by atoms with Crippen LogP contribution in [0.25, 0.3) is 22.2 Å². The van der Waals surface area contributed by atoms with E-state index < -0.39 is 5.41 Å². The third-order valence-electron chi connectivity index (χ3n) is 7.99. The number of carbonyl (C=O) groups excluding carboxylic acids is 1. The number of likely N-dealkylation sites (tertiary alicyclic amines) is 1. The van der Waals surface area contributed by atoms with Crippen LogP contribution >= 0.6 is 23.2 Å². The molecule has 2 aliphatic heterocycles. The van der Waals surface area contributed by atoms with Crippen molar-refractivity contribution in [1.82, 2.24) is 24.3 Å². The Morgan fingerprint density at radius 3 is 2.20 bits per heavy atom. The maximum Gasteiger partial charge on any atom is 0.259 e. The monoisotopic (exact) mass is 585 g/mol. The highest BCUT2D eigenvalue weighted by atomic mass is 35.5. The average Bonchev–Trinajstić information content (AvgIpc) is 2.91. The smallest absolute Gasteiger partial charge is 0.259 e. The summed E-state index contributed by atoms with van der Waals surface area (Å²) in [7, 11) is 3.89. The quantitative estimate of drug-likeness (QED) is 0.482. The zero-order valence-corrected chi connectivity index (χ0v) is 25.3. The Bertz CT molecular complexity index is 1460. The molecule has 1 N–H and O–H groups in total. The largest absolute Gasteiger partial charge is 0.338 e. The predicted molar refractivity (Wildman–Crippen MR) is 163 cm³/mol. The molecular formula is C29H37Cl2N7O2. The summed E-state index contributed by atoms with van der Waals surface area (Å²) < 4.78 is 1.52. The molecule has 11 heteroatoms. The number of carbonyl (C=O) groups is 1. The number of halogens is 2. The zero-order valence-electron chi connectivity index (χ0n) is 23.8. The lowest BCUT2D eigenvalue weighted by Crippen LogP contribution is -2.53. The lowest BCUT2D eigenvalue weighted by Gasteiger charge is -2.42. The molecule has 2 aliphatic rings. The first-order valence-corrected chi connectivity index (χ1v) is 14.5. The number of amides is 1. The Labute approximate surface area is 245 Å². The van der Waals surface area contributed by atoms with Gasteiger partial charge in [-0.3, -0.25) is 19.1 Å². The molecule has 2 fully saturated rings. The summed E-state index contributed by atoms with van der Waals surface area (Å²) in [6, 6.07) is 5.61. The van der Waals surface area contributed by atoms with E-state index in [2.05, 4.69) is 32.0 Å². The van der Waals surface area contributed by atoms with Crippen LogP contribution in [0.5, 0.6) is 0 Å². The first-order valence-electron chi connectivity index (χ1n) is 13.8. The predicted octanol–water partition coefficient (Wildman–Crippen LogP) is 4.50. The molecule has 0 spiro atoms. The minimum atomic E-state index is -0.578. The van der Waals surface area contributed by atoms with Crippen LogP contribution < -0.4 is 15.8 Å². The number of nitrogens with one attached hydrogen (secondary N) is 1. The van der Waals surface area contributed by atoms with Crippen LogP contribution in [0.3, 0.4) is 0 Å². The lowest BCUT2D eigenvalue weighted by molar-refractivity contribution is -0.123. The molecule has 40 heavy (non-hydrogen) atoms. The van der Waals surface area contributed by atoms with E-state index in [0.717, 1.165) is 39.3 Å². The number of benzene rings is 1. The minimum absolute atomic E-state index is 0.162. The van der Waals surface area contributed by atoms with Gasteiger partial charge >= 0.3 is 0 Å². The molecule has 9 nitrogen and oxygen atoms in total. The van der Waals surface area contributed by atoms with Crippen molar-refractivity contribution in [3.05, 3.63) is 44.8 Å². The van der Waals surface area contributed by atoms with Crippen molar-refractivity contribution in [2.45, 2.75) is 39.7 Å². The first kappa shape index (κ1) is 28.8. The Kier molecular flexibility index (Phi) is 8.12. The molecule has 5 rings (SSSR count). The number of nitrogens with zero attached hydrogens (tertiary/aromatic N) is 6. The van der Waals surface area contributed by atoms with Gasteiger partial charge in [-0.05, 0) is 51.2 Å². The van der Waals surface area contributed by atoms with Crippen molar-refractivity contribution in [3.63, 3.8) is 0 Å². The van der Waals surface area contributed by atoms with E-state index >= 15 is 0 Å². The second kappa shape index (κ2) is 11.3. The summed E-state index contributed by atoms with van der Waals surface area (Å²) >= 11 is 13.2. The van der Waals surface area contributed by atoms with E-state index in [9.17, 15) is 9.59 Å². The summed E-state index contributed by atoms with van der Waals surface area (Å²) in [6.07, 6.45) is 4.19. The highest BCUT2D eigenvalue weighted by Gasteiger charge is 2.28. The second-order valence-electron chi connectivity index (χ2n) is 11.9. The number of aryl methyl sites for hydroxylation is 1. The molecular weight excluding hydrogens is 549 g/mol. The lowest BCUT2D eigenvalue weighted by atomic mass is 9.95. The molecule has 0 radical (unpaired) electrons. The van der Waals surface area contributed by atoms with E-state index in [-0.39, 0.29) is 21.5 Å². The molecule has 0 saturated carbocycles. The molecule has 0 aliphatic carbocycles. The van der Waals surface area contributed by atoms with Gasteiger partial charge in [0.2, 0.25) is 11.9 Å². The molecule has 0 unspecified atom stereocenters. The van der Waals surface area contributed by atoms with Crippen LogP contribution in [0.4, 0.5) is 11.6 Å². The summed E-state index contributed by atoms with van der Waals surface area (Å²) in [4.78, 5) is 42.6. The Morgan fingerprint density at radius 2 is 1.60 bits per heavy atom. The summed E-state index contributed by atoms with van der Waals surface area (Å²) in [5, 5.41) is 4.09. The van der Waals surface area contributed by atoms with Gasteiger partial charge in [0.05, 0.1) is 15.6 Å². The SMILES string of the molecule is CN1CCC(N2CCN(c3ncc4cc(-c5c(Cl)cc(NC(=O)C(C)(C)C)cc5Cl)c(=O)n(C)c4n3)CC2)CC1. The van der Waals surface area contributed by atoms with E-state index in [1.54, 1.807) is 31.4 Å². The van der Waals surface area contributed by atoms with Crippen LogP contribution in [-0.4, -0.2) is 82.6 Å². The Balaban J connectivity index is 1.38. The fourth-order valence-electron chi connectivity index (χ4n) is 5.44. The Morgan fingerprint density at radius 1 is 0.975 bits per heavy atom. The number of piperidine rings is 1. The number of anilines is 2. The van der Waals surface area contributed by atoms with Crippen molar-refractivity contribution in [2.24, 2.45) is 12.5 Å². The van der Waals surface area contributed by atoms with Gasteiger partial charge in [-0.25, -0.2) is 4.98 Å². The number of hydrogen-bond donors (Lipinski definition) is 1. The summed E-state index contributed by atoms with van der Waals surface area (Å²) in [5.41, 5.74) is 0.943. The minimum Gasteiger partial charge on any atom is -0.338 e. The molecule has 2 saturated heterocycles. The molecule has 3 aromatic rings. The molecule has 1 amide bonds. The number of pyridine rings is 1. The molecule has 0 atom stereocenters. The van der Waals surface area contributed by atoms with Gasteiger partial charge in [0, 0.05) is 67.5 Å². The van der Waals surface area contributed by atoms with Crippen molar-refractivity contribution in [2.75, 3.05) is 56.5 Å². The zero-order chi connectivity index (χ0) is 28.8. The van der Waals surface area contributed by atoms with Crippen LogP contribution in [0.2, 0.25) is 10.0 Å². The summed E-state index contributed by atoms with van der Waals surface area (Å²) in [6.45, 7) is 11.5. The summed E-state index contributed by atoms with van der Waals surface area (Å²) in [5.74, 6) is 0.471. The van der Waals surface area contributed by atoms with Gasteiger partial charge in [-0.15, -0.1) is 0 Å². The van der Waals surface area contributed by atoms with E-state index in [0.29, 0.717) is 39.8 Å². The van der Waals surface area contributed by atoms with Gasteiger partial charge in [0.25, 0.3) is 5.56 Å². The number of piperazine rings is 1. The maximum atomic E-state index is 13.5. The van der Waals surface area contributed by atoms with Crippen LogP contribution in [0, 0.1) is 5.41 Å². The first-order chi connectivity index (χ1) is 18.9. The highest BCUT2D eigenvalue weighted by Crippen LogP contribution is 2.37. The fraction of sp³-hybridized carbons (Fsp3) is 0.517. The van der Waals surface area contributed by atoms with E-state index in [1.807, 2.05) is 20.8 Å². The number of aromatic nitrogens is 3. The van der Waals surface area contributed by atoms with Gasteiger partial charge in [0.1, 0.15) is 5.65 Å². The third-order valence-corrected chi connectivity index (χ3v) is 8.58. The van der Waals surface area contributed by atoms with E-state index in [4.69, 9.17) is 28.2 Å². The van der Waals surface area contributed by atoms with Crippen LogP contribution in [-0.2, 0) is 11.8 Å². The van der Waals surface area contributed by atoms with E-state index in [1.165, 1.54) is 17.4 Å². The van der Waals surface area contributed by atoms with Crippen LogP contribution in [0.15, 0.2) is 29.2 Å². The van der Waals surface area contributed by atoms with Gasteiger partial charge < -0.3 is 15.1 Å². The number of fused-ring (bicyclic) bond motifs is 1. The van der Waals surface area contributed by atoms with Crippen molar-refractivity contribution in [3.8, 4) is 11.1 Å². The highest BCUT2D eigenvalue weighted by molar-refractivity contribution is 6.39. The Hall–Kier alpha value is -2.72. The average molecular weight is 587 g/mol. The number of rotatable bonds is 4. The fourth-order valence-corrected chi connectivity index (χ4v) is 6.13. The molecule has 0 bridgehead atoms. The second-order valence-corrected chi connectivity index (χ2v) is 12.8. The maximum absolute atomic E-state index is 13.5. The molecule has 2 aromatic heterocycles. The third kappa shape index (κ3) is 5.84.